The second-order valence-electron chi connectivity index (χ2n) is 2.82. The lowest BCUT2D eigenvalue weighted by Crippen LogP contribution is -2.20. The van der Waals surface area contributed by atoms with E-state index in [1.165, 1.54) is 0 Å². The monoisotopic (exact) mass is 144 g/mol. The Bertz CT molecular complexity index is 106. The van der Waals surface area contributed by atoms with Gasteiger partial charge in [-0.3, -0.25) is 0 Å². The van der Waals surface area contributed by atoms with Crippen LogP contribution in [-0.4, -0.2) is 24.4 Å². The van der Waals surface area contributed by atoms with Gasteiger partial charge in [0.25, 0.3) is 0 Å². The maximum absolute atomic E-state index is 8.41. The minimum absolute atomic E-state index is 0.105. The van der Waals surface area contributed by atoms with Crippen LogP contribution in [0, 0.1) is 0 Å². The van der Waals surface area contributed by atoms with E-state index in [1.807, 2.05) is 19.9 Å². The lowest BCUT2D eigenvalue weighted by molar-refractivity contribution is 0.0254. The molecular formula is C8H16O2. The molecule has 0 saturated carbocycles. The van der Waals surface area contributed by atoms with Crippen molar-refractivity contribution in [2.24, 2.45) is 0 Å². The number of aliphatic hydroxyl groups excluding tert-OH is 1. The van der Waals surface area contributed by atoms with Crippen molar-refractivity contribution in [1.82, 2.24) is 0 Å². The minimum Gasteiger partial charge on any atom is -0.392 e. The number of hydrogen-bond acceptors (Lipinski definition) is 2. The molecule has 0 amide bonds. The van der Waals surface area contributed by atoms with Crippen molar-refractivity contribution in [2.75, 3.05) is 13.7 Å². The van der Waals surface area contributed by atoms with E-state index in [1.54, 1.807) is 13.2 Å². The summed E-state index contributed by atoms with van der Waals surface area (Å²) >= 11 is 0. The van der Waals surface area contributed by atoms with Crippen LogP contribution in [0.4, 0.5) is 0 Å². The first-order valence-corrected chi connectivity index (χ1v) is 3.43. The molecule has 0 unspecified atom stereocenters. The van der Waals surface area contributed by atoms with E-state index in [2.05, 4.69) is 0 Å². The molecule has 0 bridgehead atoms. The van der Waals surface area contributed by atoms with E-state index in [0.29, 0.717) is 0 Å². The van der Waals surface area contributed by atoms with Gasteiger partial charge in [0.2, 0.25) is 0 Å². The molecule has 0 aromatic rings. The zero-order valence-electron chi connectivity index (χ0n) is 6.92. The predicted molar refractivity (Wildman–Crippen MR) is 41.9 cm³/mol. The molecule has 0 heterocycles. The standard InChI is InChI=1S/C8H16O2/c1-8(2,10-3)6-4-5-7-9/h4-5,9H,6-7H2,1-3H3/b5-4+. The van der Waals surface area contributed by atoms with Crippen LogP contribution in [0.25, 0.3) is 0 Å². The fourth-order valence-electron chi connectivity index (χ4n) is 0.525. The lowest BCUT2D eigenvalue weighted by Gasteiger charge is -2.20. The zero-order chi connectivity index (χ0) is 8.04. The Morgan fingerprint density at radius 3 is 2.40 bits per heavy atom. The van der Waals surface area contributed by atoms with Gasteiger partial charge in [0.05, 0.1) is 12.2 Å². The predicted octanol–water partition coefficient (Wildman–Crippen LogP) is 1.35. The number of rotatable bonds is 4. The quantitative estimate of drug-likeness (QED) is 0.603. The van der Waals surface area contributed by atoms with Crippen molar-refractivity contribution < 1.29 is 9.84 Å². The van der Waals surface area contributed by atoms with E-state index in [9.17, 15) is 0 Å². The molecule has 0 aliphatic rings. The third-order valence-corrected chi connectivity index (χ3v) is 1.43. The second kappa shape index (κ2) is 4.47. The summed E-state index contributed by atoms with van der Waals surface area (Å²) in [7, 11) is 1.69. The van der Waals surface area contributed by atoms with Crippen LogP contribution < -0.4 is 0 Å². The summed E-state index contributed by atoms with van der Waals surface area (Å²) in [5.41, 5.74) is -0.105. The van der Waals surface area contributed by atoms with E-state index < -0.39 is 0 Å². The first-order chi connectivity index (χ1) is 4.62. The largest absolute Gasteiger partial charge is 0.392 e. The lowest BCUT2D eigenvalue weighted by atomic mass is 10.1. The van der Waals surface area contributed by atoms with Gasteiger partial charge in [0.1, 0.15) is 0 Å². The zero-order valence-corrected chi connectivity index (χ0v) is 6.92. The van der Waals surface area contributed by atoms with Gasteiger partial charge in [-0.25, -0.2) is 0 Å². The SMILES string of the molecule is COC(C)(C)C/C=C/CO. The third kappa shape index (κ3) is 4.53. The average Bonchev–Trinajstić information content (AvgIpc) is 1.89. The molecule has 0 aromatic heterocycles. The summed E-state index contributed by atoms with van der Waals surface area (Å²) in [4.78, 5) is 0. The van der Waals surface area contributed by atoms with Gasteiger partial charge in [-0.1, -0.05) is 12.2 Å². The highest BCUT2D eigenvalue weighted by atomic mass is 16.5. The second-order valence-corrected chi connectivity index (χ2v) is 2.82. The Hall–Kier alpha value is -0.340. The number of ether oxygens (including phenoxy) is 1. The summed E-state index contributed by atoms with van der Waals surface area (Å²) in [6, 6.07) is 0. The number of methoxy groups -OCH3 is 1. The Labute approximate surface area is 62.5 Å². The molecule has 2 nitrogen and oxygen atoms in total. The summed E-state index contributed by atoms with van der Waals surface area (Å²) in [5.74, 6) is 0. The third-order valence-electron chi connectivity index (χ3n) is 1.43. The minimum atomic E-state index is -0.105. The van der Waals surface area contributed by atoms with Crippen LogP contribution in [0.1, 0.15) is 20.3 Å². The molecule has 0 aliphatic carbocycles. The van der Waals surface area contributed by atoms with Crippen LogP contribution in [0.2, 0.25) is 0 Å². The van der Waals surface area contributed by atoms with Crippen LogP contribution in [-0.2, 0) is 4.74 Å². The van der Waals surface area contributed by atoms with Gasteiger partial charge in [-0.2, -0.15) is 0 Å². The molecule has 2 heteroatoms. The van der Waals surface area contributed by atoms with Crippen LogP contribution in [0.3, 0.4) is 0 Å². The van der Waals surface area contributed by atoms with Gasteiger partial charge in [0, 0.05) is 7.11 Å². The van der Waals surface area contributed by atoms with Crippen molar-refractivity contribution in [2.45, 2.75) is 25.9 Å². The number of aliphatic hydroxyl groups is 1. The molecule has 0 saturated heterocycles. The van der Waals surface area contributed by atoms with E-state index in [4.69, 9.17) is 9.84 Å². The van der Waals surface area contributed by atoms with Crippen molar-refractivity contribution in [3.63, 3.8) is 0 Å². The van der Waals surface area contributed by atoms with Crippen LogP contribution >= 0.6 is 0 Å². The van der Waals surface area contributed by atoms with Gasteiger partial charge in [-0.05, 0) is 20.3 Å². The van der Waals surface area contributed by atoms with Crippen molar-refractivity contribution in [1.29, 1.82) is 0 Å². The van der Waals surface area contributed by atoms with E-state index >= 15 is 0 Å². The molecule has 0 fully saturated rings. The molecule has 0 aromatic carbocycles. The molecule has 60 valence electrons. The highest BCUT2D eigenvalue weighted by Crippen LogP contribution is 2.12. The Kier molecular flexibility index (Phi) is 4.32. The molecule has 0 radical (unpaired) electrons. The maximum atomic E-state index is 8.41. The summed E-state index contributed by atoms with van der Waals surface area (Å²) in [6.07, 6.45) is 4.48. The first-order valence-electron chi connectivity index (χ1n) is 3.43. The van der Waals surface area contributed by atoms with Crippen LogP contribution in [0.5, 0.6) is 0 Å². The topological polar surface area (TPSA) is 29.5 Å². The summed E-state index contributed by atoms with van der Waals surface area (Å²) < 4.78 is 5.15. The van der Waals surface area contributed by atoms with Gasteiger partial charge < -0.3 is 9.84 Å². The van der Waals surface area contributed by atoms with Gasteiger partial charge in [-0.15, -0.1) is 0 Å². The molecular weight excluding hydrogens is 128 g/mol. The van der Waals surface area contributed by atoms with Crippen molar-refractivity contribution >= 4 is 0 Å². The van der Waals surface area contributed by atoms with E-state index in [-0.39, 0.29) is 12.2 Å². The molecule has 0 atom stereocenters. The molecule has 0 rings (SSSR count). The summed E-state index contributed by atoms with van der Waals surface area (Å²) in [6.45, 7) is 4.13. The fraction of sp³-hybridized carbons (Fsp3) is 0.750. The average molecular weight is 144 g/mol. The smallest absolute Gasteiger partial charge is 0.0657 e. The van der Waals surface area contributed by atoms with Crippen molar-refractivity contribution in [3.8, 4) is 0 Å². The van der Waals surface area contributed by atoms with Gasteiger partial charge >= 0.3 is 0 Å². The Morgan fingerprint density at radius 1 is 1.40 bits per heavy atom. The maximum Gasteiger partial charge on any atom is 0.0657 e. The summed E-state index contributed by atoms with van der Waals surface area (Å²) in [5, 5.41) is 8.41. The molecule has 10 heavy (non-hydrogen) atoms. The molecule has 0 spiro atoms. The highest BCUT2D eigenvalue weighted by Gasteiger charge is 2.12. The molecule has 0 aliphatic heterocycles. The van der Waals surface area contributed by atoms with Gasteiger partial charge in [0.15, 0.2) is 0 Å². The fourth-order valence-corrected chi connectivity index (χ4v) is 0.525. The van der Waals surface area contributed by atoms with E-state index in [0.717, 1.165) is 6.42 Å². The Balaban J connectivity index is 3.56. The normalized spacial score (nSPS) is 12.8. The van der Waals surface area contributed by atoms with Crippen LogP contribution in [0.15, 0.2) is 12.2 Å². The molecule has 1 N–H and O–H groups in total. The highest BCUT2D eigenvalue weighted by molar-refractivity contribution is 4.87. The Morgan fingerprint density at radius 2 is 2.00 bits per heavy atom. The van der Waals surface area contributed by atoms with Crippen molar-refractivity contribution in [3.05, 3.63) is 12.2 Å². The number of hydrogen-bond donors (Lipinski definition) is 1. The first kappa shape index (κ1) is 9.66.